The summed E-state index contributed by atoms with van der Waals surface area (Å²) in [5.74, 6) is 2.44. The fourth-order valence-electron chi connectivity index (χ4n) is 6.72. The smallest absolute Gasteiger partial charge is 0.303 e. The van der Waals surface area contributed by atoms with Crippen molar-refractivity contribution in [2.24, 2.45) is 23.7 Å². The third-order valence-corrected chi connectivity index (χ3v) is 8.70. The Morgan fingerprint density at radius 1 is 1.26 bits per heavy atom. The maximum atomic E-state index is 11.9. The molecule has 4 rings (SSSR count). The van der Waals surface area contributed by atoms with Crippen molar-refractivity contribution in [3.63, 3.8) is 0 Å². The molecule has 2 aliphatic carbocycles. The summed E-state index contributed by atoms with van der Waals surface area (Å²) in [5.41, 5.74) is 2.80. The molecule has 6 atom stereocenters. The summed E-state index contributed by atoms with van der Waals surface area (Å²) in [6.07, 6.45) is 5.50. The maximum Gasteiger partial charge on any atom is 0.303 e. The van der Waals surface area contributed by atoms with Crippen molar-refractivity contribution in [1.82, 2.24) is 4.90 Å². The first-order valence-electron chi connectivity index (χ1n) is 12.7. The second-order valence-electron chi connectivity index (χ2n) is 10.8. The Labute approximate surface area is 204 Å². The van der Waals surface area contributed by atoms with E-state index in [1.807, 2.05) is 13.0 Å². The molecular weight excluding hydrogens is 430 g/mol. The van der Waals surface area contributed by atoms with Gasteiger partial charge in [-0.15, -0.1) is 0 Å². The predicted octanol–water partition coefficient (Wildman–Crippen LogP) is 4.37. The average molecular weight is 472 g/mol. The zero-order chi connectivity index (χ0) is 24.6. The molecule has 6 nitrogen and oxygen atoms in total. The Hall–Kier alpha value is -2.05. The SMILES string of the molecule is COc1ccc2c(c1OC)CN(C[C@@H](C)[C@@H]1CC[C@@H](C)[C@]3(O)C[C@@H](OC(C)=O)C(C)=C[C@H]13)CC2. The van der Waals surface area contributed by atoms with E-state index in [1.54, 1.807) is 14.2 Å². The number of methoxy groups -OCH3 is 2. The minimum Gasteiger partial charge on any atom is -0.493 e. The predicted molar refractivity (Wildman–Crippen MR) is 132 cm³/mol. The van der Waals surface area contributed by atoms with Crippen LogP contribution in [-0.2, 0) is 22.5 Å². The summed E-state index contributed by atoms with van der Waals surface area (Å²) < 4.78 is 16.8. The Kier molecular flexibility index (Phi) is 7.30. The summed E-state index contributed by atoms with van der Waals surface area (Å²) in [6.45, 7) is 10.8. The lowest BCUT2D eigenvalue weighted by molar-refractivity contribution is -0.159. The van der Waals surface area contributed by atoms with E-state index in [9.17, 15) is 9.90 Å². The van der Waals surface area contributed by atoms with Crippen LogP contribution in [0.15, 0.2) is 23.8 Å². The van der Waals surface area contributed by atoms with E-state index in [4.69, 9.17) is 14.2 Å². The van der Waals surface area contributed by atoms with Crippen LogP contribution in [0.4, 0.5) is 0 Å². The number of aliphatic hydroxyl groups is 1. The Balaban J connectivity index is 1.52. The van der Waals surface area contributed by atoms with Crippen LogP contribution in [0.3, 0.4) is 0 Å². The Morgan fingerprint density at radius 2 is 2.03 bits per heavy atom. The second-order valence-corrected chi connectivity index (χ2v) is 10.8. The van der Waals surface area contributed by atoms with Gasteiger partial charge in [-0.25, -0.2) is 0 Å². The minimum atomic E-state index is -0.831. The zero-order valence-electron chi connectivity index (χ0n) is 21.6. The lowest BCUT2D eigenvalue weighted by Gasteiger charge is -2.53. The van der Waals surface area contributed by atoms with E-state index in [-0.39, 0.29) is 23.9 Å². The van der Waals surface area contributed by atoms with E-state index < -0.39 is 5.60 Å². The monoisotopic (exact) mass is 471 g/mol. The highest BCUT2D eigenvalue weighted by Gasteiger charge is 2.52. The number of nitrogens with zero attached hydrogens (tertiary/aromatic N) is 1. The van der Waals surface area contributed by atoms with Gasteiger partial charge in [0.15, 0.2) is 11.5 Å². The van der Waals surface area contributed by atoms with Gasteiger partial charge < -0.3 is 19.3 Å². The Bertz CT molecular complexity index is 943. The molecule has 188 valence electrons. The van der Waals surface area contributed by atoms with E-state index in [0.29, 0.717) is 18.3 Å². The lowest BCUT2D eigenvalue weighted by atomic mass is 9.57. The normalized spacial score (nSPS) is 32.1. The standard InChI is InChI=1S/C28H41NO5/c1-17-13-24-22(9-7-19(3)28(24,31)14-26(17)34-20(4)30)18(2)15-29-12-11-21-8-10-25(32-5)27(33-6)23(21)16-29/h8,10,13,18-19,22,24,26,31H,7,9,11-12,14-16H2,1-6H3/t18-,19-,22+,24-,26-,28-/m1/s1. The van der Waals surface area contributed by atoms with Crippen molar-refractivity contribution in [3.05, 3.63) is 34.9 Å². The molecule has 0 amide bonds. The van der Waals surface area contributed by atoms with Crippen LogP contribution in [-0.4, -0.2) is 55.0 Å². The summed E-state index contributed by atoms with van der Waals surface area (Å²) in [4.78, 5) is 14.1. The molecule has 1 heterocycles. The molecule has 3 aliphatic rings. The first kappa shape index (κ1) is 25.1. The molecule has 0 spiro atoms. The minimum absolute atomic E-state index is 0.0877. The van der Waals surface area contributed by atoms with Crippen LogP contribution in [0.1, 0.15) is 58.1 Å². The molecule has 0 saturated heterocycles. The molecule has 1 saturated carbocycles. The van der Waals surface area contributed by atoms with E-state index >= 15 is 0 Å². The van der Waals surface area contributed by atoms with Crippen LogP contribution in [0, 0.1) is 23.7 Å². The number of hydrogen-bond acceptors (Lipinski definition) is 6. The number of carbonyl (C=O) groups excluding carboxylic acids is 1. The van der Waals surface area contributed by atoms with Crippen LogP contribution in [0.5, 0.6) is 11.5 Å². The van der Waals surface area contributed by atoms with E-state index in [0.717, 1.165) is 56.0 Å². The number of hydrogen-bond donors (Lipinski definition) is 1. The first-order chi connectivity index (χ1) is 16.2. The molecule has 1 fully saturated rings. The quantitative estimate of drug-likeness (QED) is 0.491. The van der Waals surface area contributed by atoms with Gasteiger partial charge in [0.05, 0.1) is 19.8 Å². The van der Waals surface area contributed by atoms with Crippen LogP contribution in [0.2, 0.25) is 0 Å². The average Bonchev–Trinajstić information content (AvgIpc) is 2.80. The first-order valence-corrected chi connectivity index (χ1v) is 12.7. The molecule has 0 radical (unpaired) electrons. The summed E-state index contributed by atoms with van der Waals surface area (Å²) in [5, 5.41) is 11.9. The highest BCUT2D eigenvalue weighted by molar-refractivity contribution is 5.66. The van der Waals surface area contributed by atoms with Crippen LogP contribution >= 0.6 is 0 Å². The van der Waals surface area contributed by atoms with Gasteiger partial charge in [0.25, 0.3) is 0 Å². The van der Waals surface area contributed by atoms with Gasteiger partial charge >= 0.3 is 5.97 Å². The van der Waals surface area contributed by atoms with Gasteiger partial charge in [0.1, 0.15) is 6.10 Å². The highest BCUT2D eigenvalue weighted by atomic mass is 16.5. The van der Waals surface area contributed by atoms with Crippen LogP contribution in [0.25, 0.3) is 0 Å². The molecule has 1 aliphatic heterocycles. The van der Waals surface area contributed by atoms with Gasteiger partial charge in [0, 0.05) is 44.5 Å². The summed E-state index contributed by atoms with van der Waals surface area (Å²) in [7, 11) is 3.40. The molecule has 0 aromatic heterocycles. The van der Waals surface area contributed by atoms with Gasteiger partial charge in [-0.3, -0.25) is 9.69 Å². The third kappa shape index (κ3) is 4.59. The highest BCUT2D eigenvalue weighted by Crippen LogP contribution is 2.51. The summed E-state index contributed by atoms with van der Waals surface area (Å²) >= 11 is 0. The van der Waals surface area contributed by atoms with Crippen LogP contribution < -0.4 is 9.47 Å². The number of rotatable bonds is 6. The van der Waals surface area contributed by atoms with Crippen molar-refractivity contribution in [3.8, 4) is 11.5 Å². The molecule has 1 aromatic rings. The molecule has 6 heteroatoms. The van der Waals surface area contributed by atoms with Gasteiger partial charge in [0.2, 0.25) is 0 Å². The molecule has 1 N–H and O–H groups in total. The van der Waals surface area contributed by atoms with E-state index in [1.165, 1.54) is 18.1 Å². The van der Waals surface area contributed by atoms with E-state index in [2.05, 4.69) is 30.9 Å². The number of carbonyl (C=O) groups is 1. The number of esters is 1. The zero-order valence-corrected chi connectivity index (χ0v) is 21.6. The van der Waals surface area contributed by atoms with Crippen molar-refractivity contribution < 1.29 is 24.1 Å². The van der Waals surface area contributed by atoms with Crippen molar-refractivity contribution in [1.29, 1.82) is 0 Å². The maximum absolute atomic E-state index is 11.9. The van der Waals surface area contributed by atoms with Crippen molar-refractivity contribution in [2.45, 2.75) is 71.6 Å². The summed E-state index contributed by atoms with van der Waals surface area (Å²) in [6, 6.07) is 4.16. The van der Waals surface area contributed by atoms with Gasteiger partial charge in [-0.1, -0.05) is 26.0 Å². The van der Waals surface area contributed by atoms with Crippen molar-refractivity contribution >= 4 is 5.97 Å². The fraction of sp³-hybridized carbons (Fsp3) is 0.679. The van der Waals surface area contributed by atoms with Gasteiger partial charge in [-0.2, -0.15) is 0 Å². The molecular formula is C28H41NO5. The number of benzene rings is 1. The van der Waals surface area contributed by atoms with Crippen molar-refractivity contribution in [2.75, 3.05) is 27.3 Å². The molecule has 34 heavy (non-hydrogen) atoms. The lowest BCUT2D eigenvalue weighted by Crippen LogP contribution is -2.56. The Morgan fingerprint density at radius 3 is 2.71 bits per heavy atom. The fourth-order valence-corrected chi connectivity index (χ4v) is 6.72. The number of ether oxygens (including phenoxy) is 3. The molecule has 1 aromatic carbocycles. The van der Waals surface area contributed by atoms with Gasteiger partial charge in [-0.05, 0) is 61.1 Å². The molecule has 0 unspecified atom stereocenters. The third-order valence-electron chi connectivity index (χ3n) is 8.70. The molecule has 0 bridgehead atoms. The topological polar surface area (TPSA) is 68.2 Å². The number of fused-ring (bicyclic) bond motifs is 2. The largest absolute Gasteiger partial charge is 0.493 e. The second kappa shape index (κ2) is 9.90.